The van der Waals surface area contributed by atoms with Gasteiger partial charge in [0.2, 0.25) is 0 Å². The molecule has 1 saturated heterocycles. The number of amides is 1. The number of carbonyl (C=O) groups is 3. The topological polar surface area (TPSA) is 91.4 Å². The first kappa shape index (κ1) is 31.6. The van der Waals surface area contributed by atoms with Crippen LogP contribution in [0.5, 0.6) is 0 Å². The SMILES string of the molecule is COC(=O)/C(=C\c1ccccc1CC/C=C/C[C@H]1COC(C)(C)N1C(=O)OC(C)(C)C)C(=O)OCc1ccccc1. The van der Waals surface area contributed by atoms with E-state index < -0.39 is 23.3 Å². The Morgan fingerprint density at radius 2 is 1.68 bits per heavy atom. The Bertz CT molecular complexity index is 1260. The molecule has 0 unspecified atom stereocenters. The highest BCUT2D eigenvalue weighted by molar-refractivity contribution is 6.17. The Labute approximate surface area is 242 Å². The van der Waals surface area contributed by atoms with Crippen LogP contribution < -0.4 is 0 Å². The van der Waals surface area contributed by atoms with Gasteiger partial charge in [0.1, 0.15) is 23.5 Å². The van der Waals surface area contributed by atoms with Crippen molar-refractivity contribution in [3.8, 4) is 0 Å². The minimum atomic E-state index is -0.756. The highest BCUT2D eigenvalue weighted by Crippen LogP contribution is 2.31. The maximum Gasteiger partial charge on any atom is 0.412 e. The molecule has 0 radical (unpaired) electrons. The van der Waals surface area contributed by atoms with Gasteiger partial charge in [-0.2, -0.15) is 0 Å². The van der Waals surface area contributed by atoms with Crippen LogP contribution in [-0.4, -0.2) is 54.0 Å². The van der Waals surface area contributed by atoms with Crippen molar-refractivity contribution in [2.24, 2.45) is 0 Å². The van der Waals surface area contributed by atoms with Crippen LogP contribution in [0.3, 0.4) is 0 Å². The number of allylic oxidation sites excluding steroid dienone is 1. The average molecular weight is 564 g/mol. The Hall–Kier alpha value is -3.91. The van der Waals surface area contributed by atoms with E-state index in [-0.39, 0.29) is 24.3 Å². The molecule has 0 bridgehead atoms. The number of nitrogens with zero attached hydrogens (tertiary/aromatic N) is 1. The molecule has 2 aromatic carbocycles. The van der Waals surface area contributed by atoms with E-state index in [1.165, 1.54) is 13.2 Å². The summed E-state index contributed by atoms with van der Waals surface area (Å²) < 4.78 is 21.7. The van der Waals surface area contributed by atoms with Crippen molar-refractivity contribution in [3.05, 3.63) is 89.0 Å². The first-order valence-electron chi connectivity index (χ1n) is 13.8. The van der Waals surface area contributed by atoms with E-state index in [4.69, 9.17) is 18.9 Å². The molecule has 1 fully saturated rings. The molecule has 8 heteroatoms. The van der Waals surface area contributed by atoms with E-state index in [1.54, 1.807) is 4.90 Å². The minimum absolute atomic E-state index is 0.0506. The molecule has 2 aromatic rings. The number of methoxy groups -OCH3 is 1. The zero-order chi connectivity index (χ0) is 30.0. The summed E-state index contributed by atoms with van der Waals surface area (Å²) in [5.41, 5.74) is 1.02. The lowest BCUT2D eigenvalue weighted by atomic mass is 10.00. The lowest BCUT2D eigenvalue weighted by Gasteiger charge is -2.34. The van der Waals surface area contributed by atoms with Crippen molar-refractivity contribution in [1.29, 1.82) is 0 Å². The van der Waals surface area contributed by atoms with Gasteiger partial charge in [0.05, 0.1) is 19.8 Å². The number of carbonyl (C=O) groups excluding carboxylic acids is 3. The second-order valence-corrected chi connectivity index (χ2v) is 11.3. The molecule has 0 spiro atoms. The van der Waals surface area contributed by atoms with Crippen molar-refractivity contribution in [2.75, 3.05) is 13.7 Å². The summed E-state index contributed by atoms with van der Waals surface area (Å²) in [4.78, 5) is 39.8. The molecule has 0 aliphatic carbocycles. The normalized spacial score (nSPS) is 17.0. The summed E-state index contributed by atoms with van der Waals surface area (Å²) in [6.45, 7) is 9.75. The van der Waals surface area contributed by atoms with E-state index in [2.05, 4.69) is 6.08 Å². The zero-order valence-electron chi connectivity index (χ0n) is 24.8. The Balaban J connectivity index is 1.65. The van der Waals surface area contributed by atoms with E-state index in [0.717, 1.165) is 23.1 Å². The molecule has 0 N–H and O–H groups in total. The molecule has 1 heterocycles. The lowest BCUT2D eigenvalue weighted by molar-refractivity contribution is -0.146. The predicted octanol–water partition coefficient (Wildman–Crippen LogP) is 6.24. The van der Waals surface area contributed by atoms with Crippen LogP contribution >= 0.6 is 0 Å². The van der Waals surface area contributed by atoms with E-state index >= 15 is 0 Å². The summed E-state index contributed by atoms with van der Waals surface area (Å²) in [6.07, 6.45) is 7.28. The lowest BCUT2D eigenvalue weighted by Crippen LogP contribution is -2.49. The Kier molecular flexibility index (Phi) is 10.9. The zero-order valence-corrected chi connectivity index (χ0v) is 24.8. The maximum absolute atomic E-state index is 12.8. The van der Waals surface area contributed by atoms with Crippen molar-refractivity contribution >= 4 is 24.1 Å². The van der Waals surface area contributed by atoms with Gasteiger partial charge in [0.15, 0.2) is 0 Å². The molecule has 0 saturated carbocycles. The van der Waals surface area contributed by atoms with Gasteiger partial charge in [-0.15, -0.1) is 0 Å². The third-order valence-electron chi connectivity index (χ3n) is 6.51. The number of ether oxygens (including phenoxy) is 4. The number of benzene rings is 2. The van der Waals surface area contributed by atoms with E-state index in [1.807, 2.05) is 95.3 Å². The molecule has 8 nitrogen and oxygen atoms in total. The number of hydrogen-bond acceptors (Lipinski definition) is 7. The first-order chi connectivity index (χ1) is 19.4. The fraction of sp³-hybridized carbons (Fsp3) is 0.424. The van der Waals surface area contributed by atoms with Gasteiger partial charge in [-0.05, 0) is 76.6 Å². The Morgan fingerprint density at radius 1 is 1.00 bits per heavy atom. The summed E-state index contributed by atoms with van der Waals surface area (Å²) in [5, 5.41) is 0. The first-order valence-corrected chi connectivity index (χ1v) is 13.8. The molecular weight excluding hydrogens is 522 g/mol. The molecule has 3 rings (SSSR count). The van der Waals surface area contributed by atoms with Gasteiger partial charge >= 0.3 is 18.0 Å². The van der Waals surface area contributed by atoms with Crippen LogP contribution in [0.4, 0.5) is 4.79 Å². The maximum atomic E-state index is 12.8. The number of hydrogen-bond donors (Lipinski definition) is 0. The summed E-state index contributed by atoms with van der Waals surface area (Å²) in [7, 11) is 1.23. The largest absolute Gasteiger partial charge is 0.465 e. The number of esters is 2. The van der Waals surface area contributed by atoms with Crippen LogP contribution in [0.25, 0.3) is 6.08 Å². The van der Waals surface area contributed by atoms with Gasteiger partial charge in [0, 0.05) is 0 Å². The fourth-order valence-electron chi connectivity index (χ4n) is 4.52. The van der Waals surface area contributed by atoms with Crippen molar-refractivity contribution in [2.45, 2.75) is 77.9 Å². The van der Waals surface area contributed by atoms with Crippen LogP contribution in [0, 0.1) is 0 Å². The highest BCUT2D eigenvalue weighted by atomic mass is 16.6. The highest BCUT2D eigenvalue weighted by Gasteiger charge is 2.45. The van der Waals surface area contributed by atoms with Crippen LogP contribution in [-0.2, 0) is 41.6 Å². The monoisotopic (exact) mass is 563 g/mol. The standard InChI is InChI=1S/C33H41NO7/c1-32(2,3)41-31(37)34-27(23-40-33(34,4)5)20-12-8-11-17-25-18-13-14-19-26(25)21-28(29(35)38-6)30(36)39-22-24-15-9-7-10-16-24/h7-10,12-16,18-19,21,27H,11,17,20,22-23H2,1-6H3/b12-8+,28-21+/t27-/m0/s1. The van der Waals surface area contributed by atoms with E-state index in [9.17, 15) is 14.4 Å². The van der Waals surface area contributed by atoms with Gasteiger partial charge in [-0.3, -0.25) is 4.90 Å². The van der Waals surface area contributed by atoms with Gasteiger partial charge in [-0.1, -0.05) is 66.7 Å². The molecule has 41 heavy (non-hydrogen) atoms. The molecule has 0 aromatic heterocycles. The average Bonchev–Trinajstić information content (AvgIpc) is 3.23. The van der Waals surface area contributed by atoms with Crippen molar-refractivity contribution < 1.29 is 33.3 Å². The fourth-order valence-corrected chi connectivity index (χ4v) is 4.52. The summed E-state index contributed by atoms with van der Waals surface area (Å²) in [5.74, 6) is -1.50. The molecule has 1 aliphatic heterocycles. The smallest absolute Gasteiger partial charge is 0.412 e. The predicted molar refractivity (Wildman–Crippen MR) is 157 cm³/mol. The third-order valence-corrected chi connectivity index (χ3v) is 6.51. The van der Waals surface area contributed by atoms with Gasteiger partial charge in [-0.25, -0.2) is 14.4 Å². The van der Waals surface area contributed by atoms with Crippen LogP contribution in [0.1, 0.15) is 64.2 Å². The van der Waals surface area contributed by atoms with Crippen molar-refractivity contribution in [1.82, 2.24) is 4.90 Å². The third kappa shape index (κ3) is 9.32. The van der Waals surface area contributed by atoms with Crippen LogP contribution in [0.2, 0.25) is 0 Å². The summed E-state index contributed by atoms with van der Waals surface area (Å²) >= 11 is 0. The molecule has 220 valence electrons. The molecule has 1 atom stereocenters. The number of rotatable bonds is 10. The van der Waals surface area contributed by atoms with Gasteiger partial charge < -0.3 is 18.9 Å². The molecule has 1 amide bonds. The minimum Gasteiger partial charge on any atom is -0.465 e. The second kappa shape index (κ2) is 14.1. The Morgan fingerprint density at radius 3 is 2.37 bits per heavy atom. The van der Waals surface area contributed by atoms with Crippen LogP contribution in [0.15, 0.2) is 72.3 Å². The number of aryl methyl sites for hydroxylation is 1. The quantitative estimate of drug-likeness (QED) is 0.0844. The van der Waals surface area contributed by atoms with Gasteiger partial charge in [0.25, 0.3) is 0 Å². The van der Waals surface area contributed by atoms with E-state index in [0.29, 0.717) is 19.4 Å². The summed E-state index contributed by atoms with van der Waals surface area (Å²) in [6, 6.07) is 16.7. The molecular formula is C33H41NO7. The van der Waals surface area contributed by atoms with Crippen molar-refractivity contribution in [3.63, 3.8) is 0 Å². The second-order valence-electron chi connectivity index (χ2n) is 11.3. The molecule has 1 aliphatic rings.